The lowest BCUT2D eigenvalue weighted by Gasteiger charge is -2.12. The SMILES string of the molecule is CCOC(=O)c1cc(Cl)c(OCc2cccc(Br)c2)c(Br)c1. The van der Waals surface area contributed by atoms with Crippen LogP contribution in [0.4, 0.5) is 0 Å². The average Bonchev–Trinajstić information content (AvgIpc) is 2.46. The Bertz CT molecular complexity index is 666. The number of halogens is 3. The van der Waals surface area contributed by atoms with Crippen molar-refractivity contribution in [1.82, 2.24) is 0 Å². The van der Waals surface area contributed by atoms with Gasteiger partial charge in [-0.3, -0.25) is 0 Å². The minimum atomic E-state index is -0.413. The number of hydrogen-bond acceptors (Lipinski definition) is 3. The molecule has 0 heterocycles. The highest BCUT2D eigenvalue weighted by molar-refractivity contribution is 9.10. The van der Waals surface area contributed by atoms with Gasteiger partial charge in [0.1, 0.15) is 6.61 Å². The second-order valence-electron chi connectivity index (χ2n) is 4.41. The van der Waals surface area contributed by atoms with Gasteiger partial charge in [-0.25, -0.2) is 4.79 Å². The molecular formula is C16H13Br2ClO3. The van der Waals surface area contributed by atoms with Gasteiger partial charge in [-0.15, -0.1) is 0 Å². The van der Waals surface area contributed by atoms with E-state index in [0.29, 0.717) is 34.0 Å². The van der Waals surface area contributed by atoms with Gasteiger partial charge in [-0.2, -0.15) is 0 Å². The van der Waals surface area contributed by atoms with Crippen LogP contribution < -0.4 is 4.74 Å². The van der Waals surface area contributed by atoms with Crippen molar-refractivity contribution in [2.24, 2.45) is 0 Å². The molecule has 2 rings (SSSR count). The molecule has 6 heteroatoms. The number of esters is 1. The maximum Gasteiger partial charge on any atom is 0.338 e. The predicted molar refractivity (Wildman–Crippen MR) is 93.6 cm³/mol. The van der Waals surface area contributed by atoms with Crippen LogP contribution in [0.3, 0.4) is 0 Å². The second-order valence-corrected chi connectivity index (χ2v) is 6.59. The first-order chi connectivity index (χ1) is 10.5. The van der Waals surface area contributed by atoms with E-state index < -0.39 is 5.97 Å². The van der Waals surface area contributed by atoms with Crippen LogP contribution >= 0.6 is 43.5 Å². The highest BCUT2D eigenvalue weighted by atomic mass is 79.9. The van der Waals surface area contributed by atoms with Crippen LogP contribution in [-0.2, 0) is 11.3 Å². The largest absolute Gasteiger partial charge is 0.486 e. The molecule has 3 nitrogen and oxygen atoms in total. The van der Waals surface area contributed by atoms with Gasteiger partial charge < -0.3 is 9.47 Å². The zero-order valence-electron chi connectivity index (χ0n) is 11.7. The van der Waals surface area contributed by atoms with Crippen LogP contribution in [0.25, 0.3) is 0 Å². The van der Waals surface area contributed by atoms with Crippen molar-refractivity contribution in [3.63, 3.8) is 0 Å². The second kappa shape index (κ2) is 7.99. The van der Waals surface area contributed by atoms with Crippen LogP contribution in [0.15, 0.2) is 45.3 Å². The molecule has 0 aliphatic carbocycles. The molecule has 0 amide bonds. The van der Waals surface area contributed by atoms with Crippen molar-refractivity contribution < 1.29 is 14.3 Å². The number of carbonyl (C=O) groups is 1. The number of benzene rings is 2. The summed E-state index contributed by atoms with van der Waals surface area (Å²) in [4.78, 5) is 11.7. The molecule has 0 aliphatic heterocycles. The normalized spacial score (nSPS) is 10.4. The van der Waals surface area contributed by atoms with Gasteiger partial charge in [-0.1, -0.05) is 39.7 Å². The molecule has 0 unspecified atom stereocenters. The van der Waals surface area contributed by atoms with Crippen LogP contribution in [0.2, 0.25) is 5.02 Å². The van der Waals surface area contributed by atoms with Crippen LogP contribution in [-0.4, -0.2) is 12.6 Å². The third-order valence-electron chi connectivity index (χ3n) is 2.78. The van der Waals surface area contributed by atoms with E-state index in [1.807, 2.05) is 24.3 Å². The first-order valence-corrected chi connectivity index (χ1v) is 8.51. The van der Waals surface area contributed by atoms with E-state index in [4.69, 9.17) is 21.1 Å². The topological polar surface area (TPSA) is 35.5 Å². The molecule has 0 radical (unpaired) electrons. The molecule has 116 valence electrons. The molecule has 0 bridgehead atoms. The minimum Gasteiger partial charge on any atom is -0.486 e. The van der Waals surface area contributed by atoms with Gasteiger partial charge in [0.25, 0.3) is 0 Å². The average molecular weight is 449 g/mol. The molecule has 0 spiro atoms. The fourth-order valence-corrected chi connectivity index (χ4v) is 3.22. The highest BCUT2D eigenvalue weighted by Crippen LogP contribution is 2.35. The number of rotatable bonds is 5. The van der Waals surface area contributed by atoms with E-state index in [2.05, 4.69) is 31.9 Å². The predicted octanol–water partition coefficient (Wildman–Crippen LogP) is 5.62. The lowest BCUT2D eigenvalue weighted by atomic mass is 10.2. The van der Waals surface area contributed by atoms with Crippen molar-refractivity contribution in [3.05, 3.63) is 61.5 Å². The number of carbonyl (C=O) groups excluding carboxylic acids is 1. The zero-order valence-corrected chi connectivity index (χ0v) is 15.7. The Morgan fingerprint density at radius 2 is 2.00 bits per heavy atom. The Labute approximate surface area is 150 Å². The standard InChI is InChI=1S/C16H13Br2ClO3/c1-2-21-16(20)11-7-13(18)15(14(19)8-11)22-9-10-4-3-5-12(17)6-10/h3-8H,2,9H2,1H3. The maximum absolute atomic E-state index is 11.7. The summed E-state index contributed by atoms with van der Waals surface area (Å²) < 4.78 is 12.3. The third-order valence-corrected chi connectivity index (χ3v) is 4.14. The molecule has 2 aromatic carbocycles. The summed E-state index contributed by atoms with van der Waals surface area (Å²) in [6, 6.07) is 11.0. The van der Waals surface area contributed by atoms with Crippen LogP contribution in [0.1, 0.15) is 22.8 Å². The summed E-state index contributed by atoms with van der Waals surface area (Å²) in [6.07, 6.45) is 0. The summed E-state index contributed by atoms with van der Waals surface area (Å²) >= 11 is 13.0. The quantitative estimate of drug-likeness (QED) is 0.557. The van der Waals surface area contributed by atoms with Crippen molar-refractivity contribution in [2.75, 3.05) is 6.61 Å². The summed E-state index contributed by atoms with van der Waals surface area (Å²) in [5, 5.41) is 0.354. The lowest BCUT2D eigenvalue weighted by Crippen LogP contribution is -2.05. The smallest absolute Gasteiger partial charge is 0.338 e. The van der Waals surface area contributed by atoms with Gasteiger partial charge in [0.15, 0.2) is 5.75 Å². The van der Waals surface area contributed by atoms with Gasteiger partial charge >= 0.3 is 5.97 Å². The minimum absolute atomic E-state index is 0.315. The number of hydrogen-bond donors (Lipinski definition) is 0. The molecule has 0 aromatic heterocycles. The van der Waals surface area contributed by atoms with Crippen molar-refractivity contribution >= 4 is 49.4 Å². The van der Waals surface area contributed by atoms with Crippen LogP contribution in [0.5, 0.6) is 5.75 Å². The fraction of sp³-hybridized carbons (Fsp3) is 0.188. The monoisotopic (exact) mass is 446 g/mol. The molecule has 2 aromatic rings. The molecule has 0 fully saturated rings. The van der Waals surface area contributed by atoms with E-state index in [1.54, 1.807) is 19.1 Å². The molecule has 0 N–H and O–H groups in total. The fourth-order valence-electron chi connectivity index (χ4n) is 1.81. The van der Waals surface area contributed by atoms with Crippen molar-refractivity contribution in [2.45, 2.75) is 13.5 Å². The van der Waals surface area contributed by atoms with Gasteiger partial charge in [0, 0.05) is 4.47 Å². The molecule has 0 aliphatic rings. The van der Waals surface area contributed by atoms with Crippen molar-refractivity contribution in [3.8, 4) is 5.75 Å². The van der Waals surface area contributed by atoms with E-state index in [9.17, 15) is 4.79 Å². The van der Waals surface area contributed by atoms with Gasteiger partial charge in [0.2, 0.25) is 0 Å². The van der Waals surface area contributed by atoms with E-state index in [-0.39, 0.29) is 0 Å². The maximum atomic E-state index is 11.7. The van der Waals surface area contributed by atoms with E-state index >= 15 is 0 Å². The molecule has 0 saturated heterocycles. The molecule has 0 atom stereocenters. The number of ether oxygens (including phenoxy) is 2. The van der Waals surface area contributed by atoms with Crippen LogP contribution in [0, 0.1) is 0 Å². The summed E-state index contributed by atoms with van der Waals surface area (Å²) in [6.45, 7) is 2.44. The third kappa shape index (κ3) is 4.48. The first kappa shape index (κ1) is 17.3. The summed E-state index contributed by atoms with van der Waals surface area (Å²) in [7, 11) is 0. The Morgan fingerprint density at radius 1 is 1.23 bits per heavy atom. The Balaban J connectivity index is 2.16. The molecule has 0 saturated carbocycles. The molecular weight excluding hydrogens is 435 g/mol. The van der Waals surface area contributed by atoms with E-state index in [0.717, 1.165) is 10.0 Å². The van der Waals surface area contributed by atoms with E-state index in [1.165, 1.54) is 0 Å². The summed E-state index contributed by atoms with van der Waals surface area (Å²) in [5.41, 5.74) is 1.39. The lowest BCUT2D eigenvalue weighted by molar-refractivity contribution is 0.0526. The van der Waals surface area contributed by atoms with Gasteiger partial charge in [0.05, 0.1) is 21.7 Å². The van der Waals surface area contributed by atoms with Gasteiger partial charge in [-0.05, 0) is 52.7 Å². The summed E-state index contributed by atoms with van der Waals surface area (Å²) in [5.74, 6) is 0.0818. The van der Waals surface area contributed by atoms with Crippen molar-refractivity contribution in [1.29, 1.82) is 0 Å². The Kier molecular flexibility index (Phi) is 6.29. The molecule has 22 heavy (non-hydrogen) atoms. The first-order valence-electron chi connectivity index (χ1n) is 6.54. The Hall–Kier alpha value is -1.04. The Morgan fingerprint density at radius 3 is 2.64 bits per heavy atom. The zero-order chi connectivity index (χ0) is 16.1. The highest BCUT2D eigenvalue weighted by Gasteiger charge is 2.14.